The van der Waals surface area contributed by atoms with Crippen LogP contribution in [0.2, 0.25) is 0 Å². The van der Waals surface area contributed by atoms with Crippen LogP contribution in [0, 0.1) is 0 Å². The lowest BCUT2D eigenvalue weighted by atomic mass is 10.00. The number of hydrogen-bond donors (Lipinski definition) is 0. The van der Waals surface area contributed by atoms with Gasteiger partial charge in [-0.3, -0.25) is 9.80 Å². The number of nitrogens with zero attached hydrogens (tertiary/aromatic N) is 3. The molecule has 2 aliphatic rings. The van der Waals surface area contributed by atoms with Crippen molar-refractivity contribution in [2.75, 3.05) is 64.4 Å². The van der Waals surface area contributed by atoms with Crippen molar-refractivity contribution in [2.45, 2.75) is 18.9 Å². The van der Waals surface area contributed by atoms with Crippen LogP contribution in [0.5, 0.6) is 0 Å². The van der Waals surface area contributed by atoms with Gasteiger partial charge in [-0.15, -0.1) is 0 Å². The Morgan fingerprint density at radius 2 is 1.54 bits per heavy atom. The normalized spacial score (nSPS) is 19.8. The topological polar surface area (TPSA) is 19.0 Å². The highest BCUT2D eigenvalue weighted by Crippen LogP contribution is 2.28. The lowest BCUT2D eigenvalue weighted by molar-refractivity contribution is 0.0672. The molecule has 4 heteroatoms. The van der Waals surface area contributed by atoms with E-state index in [0.29, 0.717) is 0 Å². The van der Waals surface area contributed by atoms with Gasteiger partial charge < -0.3 is 9.64 Å². The van der Waals surface area contributed by atoms with Crippen LogP contribution >= 0.6 is 0 Å². The first-order valence-corrected chi connectivity index (χ1v) is 10.7. The smallest absolute Gasteiger partial charge is 0.0589 e. The van der Waals surface area contributed by atoms with Crippen molar-refractivity contribution in [3.05, 3.63) is 54.6 Å². The molecule has 0 N–H and O–H groups in total. The first-order valence-electron chi connectivity index (χ1n) is 10.7. The minimum atomic E-state index is 0.748. The molecule has 0 spiro atoms. The summed E-state index contributed by atoms with van der Waals surface area (Å²) >= 11 is 0. The number of methoxy groups -OCH3 is 1. The molecule has 0 aliphatic carbocycles. The molecule has 4 nitrogen and oxygen atoms in total. The van der Waals surface area contributed by atoms with Gasteiger partial charge in [0.25, 0.3) is 0 Å². The molecule has 0 atom stereocenters. The van der Waals surface area contributed by atoms with E-state index >= 15 is 0 Å². The van der Waals surface area contributed by atoms with Gasteiger partial charge in [0.2, 0.25) is 0 Å². The summed E-state index contributed by atoms with van der Waals surface area (Å²) in [6.45, 7) is 9.02. The van der Waals surface area contributed by atoms with E-state index in [-0.39, 0.29) is 0 Å². The first-order chi connectivity index (χ1) is 13.8. The Morgan fingerprint density at radius 3 is 2.25 bits per heavy atom. The third kappa shape index (κ3) is 4.75. The summed E-state index contributed by atoms with van der Waals surface area (Å²) in [5.74, 6) is 0. The Morgan fingerprint density at radius 1 is 0.821 bits per heavy atom. The Kier molecular flexibility index (Phi) is 6.63. The van der Waals surface area contributed by atoms with E-state index in [0.717, 1.165) is 32.3 Å². The molecule has 0 unspecified atom stereocenters. The molecular weight excluding hydrogens is 346 g/mol. The van der Waals surface area contributed by atoms with Crippen LogP contribution in [0.4, 0.5) is 5.69 Å². The summed E-state index contributed by atoms with van der Waals surface area (Å²) in [7, 11) is 1.79. The standard InChI is InChI=1S/C24H33N3O/c1-28-19-18-25-14-16-27(17-15-25)23-10-12-26(13-11-23)24-9-5-8-22(20-24)21-6-3-2-4-7-21/h2-9,20,23H,10-19H2,1H3. The van der Waals surface area contributed by atoms with Gasteiger partial charge in [0.05, 0.1) is 6.61 Å². The van der Waals surface area contributed by atoms with Gasteiger partial charge in [0.1, 0.15) is 0 Å². The van der Waals surface area contributed by atoms with Crippen molar-refractivity contribution < 1.29 is 4.74 Å². The maximum Gasteiger partial charge on any atom is 0.0589 e. The lowest BCUT2D eigenvalue weighted by Gasteiger charge is -2.43. The number of hydrogen-bond acceptors (Lipinski definition) is 4. The van der Waals surface area contributed by atoms with Crippen LogP contribution in [0.3, 0.4) is 0 Å². The highest BCUT2D eigenvalue weighted by atomic mass is 16.5. The van der Waals surface area contributed by atoms with Gasteiger partial charge in [-0.05, 0) is 36.1 Å². The summed E-state index contributed by atoms with van der Waals surface area (Å²) in [6, 6.07) is 20.5. The fraction of sp³-hybridized carbons (Fsp3) is 0.500. The lowest BCUT2D eigenvalue weighted by Crippen LogP contribution is -2.53. The molecule has 2 heterocycles. The second kappa shape index (κ2) is 9.55. The Hall–Kier alpha value is -1.88. The quantitative estimate of drug-likeness (QED) is 0.763. The van der Waals surface area contributed by atoms with Crippen molar-refractivity contribution in [1.82, 2.24) is 9.80 Å². The first kappa shape index (κ1) is 19.4. The SMILES string of the molecule is COCCN1CCN(C2CCN(c3cccc(-c4ccccc4)c3)CC2)CC1. The highest BCUT2D eigenvalue weighted by molar-refractivity contribution is 5.68. The third-order valence-corrected chi connectivity index (χ3v) is 6.32. The molecule has 0 bridgehead atoms. The van der Waals surface area contributed by atoms with Crippen LogP contribution in [0.15, 0.2) is 54.6 Å². The van der Waals surface area contributed by atoms with Gasteiger partial charge in [0.15, 0.2) is 0 Å². The Bertz CT molecular complexity index is 720. The van der Waals surface area contributed by atoms with Crippen LogP contribution in [0.1, 0.15) is 12.8 Å². The van der Waals surface area contributed by atoms with Gasteiger partial charge >= 0.3 is 0 Å². The van der Waals surface area contributed by atoms with Crippen molar-refractivity contribution in [2.24, 2.45) is 0 Å². The van der Waals surface area contributed by atoms with E-state index in [1.807, 2.05) is 0 Å². The van der Waals surface area contributed by atoms with Gasteiger partial charge in [-0.2, -0.15) is 0 Å². The Balaban J connectivity index is 1.30. The van der Waals surface area contributed by atoms with E-state index < -0.39 is 0 Å². The molecule has 2 aliphatic heterocycles. The van der Waals surface area contributed by atoms with Crippen molar-refractivity contribution in [3.8, 4) is 11.1 Å². The van der Waals surface area contributed by atoms with E-state index in [1.54, 1.807) is 7.11 Å². The molecule has 2 aromatic rings. The molecule has 2 aromatic carbocycles. The second-order valence-corrected chi connectivity index (χ2v) is 8.00. The number of piperidine rings is 1. The van der Waals surface area contributed by atoms with Crippen LogP contribution in [0.25, 0.3) is 11.1 Å². The minimum absolute atomic E-state index is 0.748. The number of anilines is 1. The average Bonchev–Trinajstić information content (AvgIpc) is 2.79. The van der Waals surface area contributed by atoms with E-state index in [9.17, 15) is 0 Å². The minimum Gasteiger partial charge on any atom is -0.383 e. The predicted molar refractivity (Wildman–Crippen MR) is 117 cm³/mol. The molecule has 0 radical (unpaired) electrons. The summed E-state index contributed by atoms with van der Waals surface area (Å²) in [4.78, 5) is 7.82. The van der Waals surface area contributed by atoms with Crippen molar-refractivity contribution >= 4 is 5.69 Å². The zero-order valence-electron chi connectivity index (χ0n) is 17.1. The molecule has 0 amide bonds. The van der Waals surface area contributed by atoms with Crippen LogP contribution in [-0.4, -0.2) is 75.4 Å². The largest absolute Gasteiger partial charge is 0.383 e. The van der Waals surface area contributed by atoms with Crippen LogP contribution < -0.4 is 4.90 Å². The maximum atomic E-state index is 5.22. The molecule has 28 heavy (non-hydrogen) atoms. The highest BCUT2D eigenvalue weighted by Gasteiger charge is 2.27. The fourth-order valence-corrected chi connectivity index (χ4v) is 4.57. The zero-order chi connectivity index (χ0) is 19.2. The van der Waals surface area contributed by atoms with Crippen molar-refractivity contribution in [3.63, 3.8) is 0 Å². The average molecular weight is 380 g/mol. The van der Waals surface area contributed by atoms with Gasteiger partial charge in [-0.1, -0.05) is 42.5 Å². The maximum absolute atomic E-state index is 5.22. The second-order valence-electron chi connectivity index (χ2n) is 8.00. The van der Waals surface area contributed by atoms with E-state index in [2.05, 4.69) is 69.3 Å². The number of rotatable bonds is 6. The monoisotopic (exact) mass is 379 g/mol. The molecule has 0 aromatic heterocycles. The number of piperazine rings is 1. The van der Waals surface area contributed by atoms with Crippen molar-refractivity contribution in [1.29, 1.82) is 0 Å². The predicted octanol–water partition coefficient (Wildman–Crippen LogP) is 3.59. The molecule has 150 valence electrons. The summed E-state index contributed by atoms with van der Waals surface area (Å²) < 4.78 is 5.22. The molecular formula is C24H33N3O. The molecule has 2 fully saturated rings. The summed E-state index contributed by atoms with van der Waals surface area (Å²) in [6.07, 6.45) is 2.54. The summed E-state index contributed by atoms with van der Waals surface area (Å²) in [5.41, 5.74) is 3.97. The molecule has 0 saturated carbocycles. The Labute approximate surface area is 169 Å². The third-order valence-electron chi connectivity index (χ3n) is 6.32. The molecule has 4 rings (SSSR count). The zero-order valence-corrected chi connectivity index (χ0v) is 17.1. The van der Waals surface area contributed by atoms with Gasteiger partial charge in [-0.25, -0.2) is 0 Å². The van der Waals surface area contributed by atoms with E-state index in [1.165, 1.54) is 55.8 Å². The number of ether oxygens (including phenoxy) is 1. The fourth-order valence-electron chi connectivity index (χ4n) is 4.57. The molecule has 2 saturated heterocycles. The van der Waals surface area contributed by atoms with Crippen LogP contribution in [-0.2, 0) is 4.74 Å². The van der Waals surface area contributed by atoms with Gasteiger partial charge in [0, 0.05) is 64.7 Å². The van der Waals surface area contributed by atoms with E-state index in [4.69, 9.17) is 4.74 Å². The number of benzene rings is 2. The summed E-state index contributed by atoms with van der Waals surface area (Å²) in [5, 5.41) is 0.